The van der Waals surface area contributed by atoms with Gasteiger partial charge in [-0.05, 0) is 54.4 Å². The Kier molecular flexibility index (Phi) is 7.44. The highest BCUT2D eigenvalue weighted by Crippen LogP contribution is 2.31. The van der Waals surface area contributed by atoms with Crippen LogP contribution in [-0.2, 0) is 4.79 Å². The standard InChI is InChI=1S/C29H28ClN5O3/c1-20(31)28(36)34-17-15-33(16-18-34)26-19-32-35(24-11-9-23(30)10-12-24)29(37)27(26)38-25-13-7-22(8-14-25)21-5-3-2-4-6-21/h2-14,19-20H,15-18,31H2,1H3. The molecular formula is C29H28ClN5O3. The average Bonchev–Trinajstić information content (AvgIpc) is 2.95. The number of anilines is 1. The van der Waals surface area contributed by atoms with E-state index in [1.54, 1.807) is 42.3 Å². The Morgan fingerprint density at radius 2 is 1.55 bits per heavy atom. The quantitative estimate of drug-likeness (QED) is 0.399. The van der Waals surface area contributed by atoms with Gasteiger partial charge in [0.25, 0.3) is 0 Å². The number of benzene rings is 3. The van der Waals surface area contributed by atoms with E-state index in [1.807, 2.05) is 59.5 Å². The molecule has 2 N–H and O–H groups in total. The van der Waals surface area contributed by atoms with Crippen LogP contribution in [0.15, 0.2) is 89.9 Å². The molecular weight excluding hydrogens is 502 g/mol. The van der Waals surface area contributed by atoms with Crippen molar-refractivity contribution in [3.63, 3.8) is 0 Å². The van der Waals surface area contributed by atoms with E-state index < -0.39 is 11.6 Å². The molecule has 0 spiro atoms. The molecule has 1 unspecified atom stereocenters. The topological polar surface area (TPSA) is 93.7 Å². The zero-order chi connectivity index (χ0) is 26.6. The third kappa shape index (κ3) is 5.41. The normalized spacial score (nSPS) is 14.3. The number of hydrogen-bond acceptors (Lipinski definition) is 6. The Morgan fingerprint density at radius 1 is 0.921 bits per heavy atom. The molecule has 8 nitrogen and oxygen atoms in total. The molecule has 0 aliphatic carbocycles. The van der Waals surface area contributed by atoms with Crippen LogP contribution in [0.3, 0.4) is 0 Å². The molecule has 1 aliphatic heterocycles. The monoisotopic (exact) mass is 529 g/mol. The van der Waals surface area contributed by atoms with Gasteiger partial charge in [0.05, 0.1) is 17.9 Å². The first-order chi connectivity index (χ1) is 18.4. The fraction of sp³-hybridized carbons (Fsp3) is 0.207. The Morgan fingerprint density at radius 3 is 2.18 bits per heavy atom. The van der Waals surface area contributed by atoms with Crippen LogP contribution in [0.4, 0.5) is 5.69 Å². The van der Waals surface area contributed by atoms with Crippen molar-refractivity contribution in [2.75, 3.05) is 31.1 Å². The van der Waals surface area contributed by atoms with Crippen LogP contribution >= 0.6 is 11.6 Å². The summed E-state index contributed by atoms with van der Waals surface area (Å²) < 4.78 is 7.54. The van der Waals surface area contributed by atoms with Gasteiger partial charge in [-0.15, -0.1) is 0 Å². The van der Waals surface area contributed by atoms with Gasteiger partial charge in [0.2, 0.25) is 11.7 Å². The predicted octanol–water partition coefficient (Wildman–Crippen LogP) is 4.34. The highest BCUT2D eigenvalue weighted by Gasteiger charge is 2.27. The SMILES string of the molecule is CC(N)C(=O)N1CCN(c2cnn(-c3ccc(Cl)cc3)c(=O)c2Oc2ccc(-c3ccccc3)cc2)CC1. The lowest BCUT2D eigenvalue weighted by Crippen LogP contribution is -2.52. The van der Waals surface area contributed by atoms with Gasteiger partial charge in [-0.2, -0.15) is 9.78 Å². The van der Waals surface area contributed by atoms with Gasteiger partial charge >= 0.3 is 5.56 Å². The number of amides is 1. The van der Waals surface area contributed by atoms with Crippen molar-refractivity contribution in [2.24, 2.45) is 5.73 Å². The van der Waals surface area contributed by atoms with Crippen LogP contribution in [0.5, 0.6) is 11.5 Å². The lowest BCUT2D eigenvalue weighted by molar-refractivity contribution is -0.132. The van der Waals surface area contributed by atoms with E-state index in [9.17, 15) is 9.59 Å². The van der Waals surface area contributed by atoms with Gasteiger partial charge in [0.15, 0.2) is 0 Å². The second-order valence-electron chi connectivity index (χ2n) is 9.15. The molecule has 194 valence electrons. The smallest absolute Gasteiger partial charge is 0.316 e. The summed E-state index contributed by atoms with van der Waals surface area (Å²) in [6, 6.07) is 24.0. The third-order valence-corrected chi connectivity index (χ3v) is 6.74. The minimum Gasteiger partial charge on any atom is -0.449 e. The second-order valence-corrected chi connectivity index (χ2v) is 9.58. The summed E-state index contributed by atoms with van der Waals surface area (Å²) in [5, 5.41) is 4.99. The minimum absolute atomic E-state index is 0.0871. The van der Waals surface area contributed by atoms with Gasteiger partial charge < -0.3 is 20.3 Å². The number of halogens is 1. The van der Waals surface area contributed by atoms with Crippen LogP contribution in [0.25, 0.3) is 16.8 Å². The summed E-state index contributed by atoms with van der Waals surface area (Å²) in [6.45, 7) is 3.71. The van der Waals surface area contributed by atoms with Crippen molar-refractivity contribution < 1.29 is 9.53 Å². The molecule has 1 amide bonds. The molecule has 1 saturated heterocycles. The maximum Gasteiger partial charge on any atom is 0.316 e. The predicted molar refractivity (Wildman–Crippen MR) is 149 cm³/mol. The van der Waals surface area contributed by atoms with E-state index in [2.05, 4.69) is 5.10 Å². The van der Waals surface area contributed by atoms with E-state index in [4.69, 9.17) is 22.1 Å². The summed E-state index contributed by atoms with van der Waals surface area (Å²) in [6.07, 6.45) is 1.63. The third-order valence-electron chi connectivity index (χ3n) is 6.49. The molecule has 1 fully saturated rings. The van der Waals surface area contributed by atoms with Gasteiger partial charge in [0, 0.05) is 31.2 Å². The molecule has 1 aliphatic rings. The zero-order valence-electron chi connectivity index (χ0n) is 21.0. The molecule has 9 heteroatoms. The number of hydrogen-bond donors (Lipinski definition) is 1. The molecule has 1 aromatic heterocycles. The molecule has 3 aromatic carbocycles. The van der Waals surface area contributed by atoms with E-state index in [0.717, 1.165) is 11.1 Å². The Labute approximate surface area is 225 Å². The first-order valence-corrected chi connectivity index (χ1v) is 12.8. The van der Waals surface area contributed by atoms with E-state index in [1.165, 1.54) is 4.68 Å². The molecule has 0 radical (unpaired) electrons. The minimum atomic E-state index is -0.552. The van der Waals surface area contributed by atoms with Crippen LogP contribution < -0.4 is 20.9 Å². The van der Waals surface area contributed by atoms with Crippen LogP contribution in [0, 0.1) is 0 Å². The first-order valence-electron chi connectivity index (χ1n) is 12.4. The van der Waals surface area contributed by atoms with E-state index in [0.29, 0.717) is 48.3 Å². The van der Waals surface area contributed by atoms with E-state index in [-0.39, 0.29) is 11.7 Å². The number of nitrogens with two attached hydrogens (primary N) is 1. The number of carbonyl (C=O) groups excluding carboxylic acids is 1. The molecule has 2 heterocycles. The number of piperazine rings is 1. The number of aromatic nitrogens is 2. The summed E-state index contributed by atoms with van der Waals surface area (Å²) in [7, 11) is 0. The van der Waals surface area contributed by atoms with Crippen molar-refractivity contribution in [3.05, 3.63) is 100 Å². The van der Waals surface area contributed by atoms with Crippen LogP contribution in [0.1, 0.15) is 6.92 Å². The second kappa shape index (κ2) is 11.1. The first kappa shape index (κ1) is 25.5. The Hall–Kier alpha value is -4.14. The zero-order valence-corrected chi connectivity index (χ0v) is 21.7. The van der Waals surface area contributed by atoms with Gasteiger partial charge in [-0.1, -0.05) is 54.1 Å². The van der Waals surface area contributed by atoms with Crippen molar-refractivity contribution in [3.8, 4) is 28.3 Å². The highest BCUT2D eigenvalue weighted by atomic mass is 35.5. The van der Waals surface area contributed by atoms with Crippen molar-refractivity contribution in [1.82, 2.24) is 14.7 Å². The maximum atomic E-state index is 13.7. The van der Waals surface area contributed by atoms with Crippen molar-refractivity contribution >= 4 is 23.2 Å². The molecule has 4 aromatic rings. The Bertz CT molecular complexity index is 1460. The maximum absolute atomic E-state index is 13.7. The van der Waals surface area contributed by atoms with Gasteiger partial charge in [0.1, 0.15) is 11.4 Å². The Balaban J connectivity index is 1.48. The molecule has 0 saturated carbocycles. The molecule has 5 rings (SSSR count). The summed E-state index contributed by atoms with van der Waals surface area (Å²) in [5.74, 6) is 0.605. The van der Waals surface area contributed by atoms with Gasteiger partial charge in [-0.3, -0.25) is 9.59 Å². The summed E-state index contributed by atoms with van der Waals surface area (Å²) in [4.78, 5) is 29.8. The van der Waals surface area contributed by atoms with Crippen LogP contribution in [-0.4, -0.2) is 52.8 Å². The molecule has 0 bridgehead atoms. The number of rotatable bonds is 6. The fourth-order valence-corrected chi connectivity index (χ4v) is 4.56. The lowest BCUT2D eigenvalue weighted by atomic mass is 10.1. The summed E-state index contributed by atoms with van der Waals surface area (Å²) >= 11 is 6.04. The number of carbonyl (C=O) groups is 1. The molecule has 38 heavy (non-hydrogen) atoms. The van der Waals surface area contributed by atoms with Crippen LogP contribution in [0.2, 0.25) is 5.02 Å². The number of ether oxygens (including phenoxy) is 1. The van der Waals surface area contributed by atoms with Crippen molar-refractivity contribution in [1.29, 1.82) is 0 Å². The summed E-state index contributed by atoms with van der Waals surface area (Å²) in [5.41, 5.74) is 8.66. The van der Waals surface area contributed by atoms with E-state index >= 15 is 0 Å². The lowest BCUT2D eigenvalue weighted by Gasteiger charge is -2.37. The highest BCUT2D eigenvalue weighted by molar-refractivity contribution is 6.30. The fourth-order valence-electron chi connectivity index (χ4n) is 4.44. The molecule has 1 atom stereocenters. The largest absolute Gasteiger partial charge is 0.449 e. The van der Waals surface area contributed by atoms with Gasteiger partial charge in [-0.25, -0.2) is 0 Å². The number of nitrogens with zero attached hydrogens (tertiary/aromatic N) is 4. The van der Waals surface area contributed by atoms with Crippen molar-refractivity contribution in [2.45, 2.75) is 13.0 Å². The average molecular weight is 530 g/mol.